The first-order valence-electron chi connectivity index (χ1n) is 9.01. The molecule has 1 saturated carbocycles. The minimum Gasteiger partial charge on any atom is -0.481 e. The van der Waals surface area contributed by atoms with Crippen molar-refractivity contribution in [3.8, 4) is 0 Å². The van der Waals surface area contributed by atoms with E-state index in [2.05, 4.69) is 15.0 Å². The lowest BCUT2D eigenvalue weighted by Crippen LogP contribution is -2.37. The number of fused-ring (bicyclic) bond motifs is 2. The van der Waals surface area contributed by atoms with Crippen LogP contribution in [-0.4, -0.2) is 54.5 Å². The van der Waals surface area contributed by atoms with E-state index in [1.165, 1.54) is 11.6 Å². The molecule has 1 aliphatic heterocycles. The van der Waals surface area contributed by atoms with Crippen LogP contribution in [0, 0.1) is 11.3 Å². The van der Waals surface area contributed by atoms with Crippen molar-refractivity contribution >= 4 is 23.0 Å². The molecule has 1 saturated heterocycles. The maximum absolute atomic E-state index is 12.6. The van der Waals surface area contributed by atoms with E-state index in [1.54, 1.807) is 4.90 Å². The number of likely N-dealkylation sites (tertiary alicyclic amines) is 1. The van der Waals surface area contributed by atoms with Crippen LogP contribution in [0.3, 0.4) is 0 Å². The van der Waals surface area contributed by atoms with Crippen molar-refractivity contribution in [2.75, 3.05) is 13.1 Å². The molecule has 144 valence electrons. The lowest BCUT2D eigenvalue weighted by atomic mass is 9.81. The van der Waals surface area contributed by atoms with Crippen molar-refractivity contribution in [3.63, 3.8) is 0 Å². The Morgan fingerprint density at radius 2 is 2.11 bits per heavy atom. The summed E-state index contributed by atoms with van der Waals surface area (Å²) in [4.78, 5) is 58.7. The number of H-pyrrole nitrogens is 2. The Hall–Kier alpha value is -2.91. The lowest BCUT2D eigenvalue weighted by Gasteiger charge is -2.23. The van der Waals surface area contributed by atoms with Gasteiger partial charge < -0.3 is 15.0 Å². The fourth-order valence-electron chi connectivity index (χ4n) is 4.48. The number of carboxylic acids is 1. The van der Waals surface area contributed by atoms with Crippen molar-refractivity contribution < 1.29 is 14.7 Å². The standard InChI is InChI=1S/C17H21N5O5/c1-21-13-12(14(24)20-16(21)27)18-10(19-13)4-5-11(23)22-7-9-3-2-6-17(9,8-22)15(25)26/h9H,2-8H2,1H3,(H,18,19)(H,25,26)(H,20,24,27)/t9-,17+/m0/s1. The van der Waals surface area contributed by atoms with Gasteiger partial charge >= 0.3 is 11.7 Å². The first-order chi connectivity index (χ1) is 12.8. The van der Waals surface area contributed by atoms with Crippen LogP contribution >= 0.6 is 0 Å². The minimum absolute atomic E-state index is 0.0261. The summed E-state index contributed by atoms with van der Waals surface area (Å²) in [5.41, 5.74) is -1.45. The first-order valence-corrected chi connectivity index (χ1v) is 9.01. The van der Waals surface area contributed by atoms with E-state index in [0.717, 1.165) is 12.8 Å². The average molecular weight is 375 g/mol. The number of carbonyl (C=O) groups is 2. The quantitative estimate of drug-likeness (QED) is 0.664. The molecule has 1 amide bonds. The van der Waals surface area contributed by atoms with Crippen molar-refractivity contribution in [3.05, 3.63) is 26.7 Å². The third kappa shape index (κ3) is 2.66. The highest BCUT2D eigenvalue weighted by molar-refractivity contribution is 5.81. The second-order valence-electron chi connectivity index (χ2n) is 7.53. The predicted molar refractivity (Wildman–Crippen MR) is 94.3 cm³/mol. The van der Waals surface area contributed by atoms with Crippen LogP contribution in [0.25, 0.3) is 11.2 Å². The SMILES string of the molecule is Cn1c(=O)[nH]c(=O)c2[nH]c(CCC(=O)N3C[C@@H]4CCC[C@@]4(C(=O)O)C3)nc21. The molecule has 1 aliphatic carbocycles. The van der Waals surface area contributed by atoms with Gasteiger partial charge in [-0.2, -0.15) is 0 Å². The lowest BCUT2D eigenvalue weighted by molar-refractivity contribution is -0.149. The van der Waals surface area contributed by atoms with E-state index < -0.39 is 22.6 Å². The number of aromatic amines is 2. The molecule has 2 aromatic heterocycles. The number of carboxylic acid groups (broad SMARTS) is 1. The second kappa shape index (κ2) is 6.07. The number of nitrogens with one attached hydrogen (secondary N) is 2. The smallest absolute Gasteiger partial charge is 0.329 e. The predicted octanol–water partition coefficient (Wildman–Crippen LogP) is -0.404. The number of rotatable bonds is 4. The van der Waals surface area contributed by atoms with Gasteiger partial charge in [-0.05, 0) is 18.8 Å². The number of aromatic nitrogens is 4. The Morgan fingerprint density at radius 3 is 2.81 bits per heavy atom. The van der Waals surface area contributed by atoms with Gasteiger partial charge in [-0.1, -0.05) is 6.42 Å². The number of hydrogen-bond acceptors (Lipinski definition) is 5. The van der Waals surface area contributed by atoms with Gasteiger partial charge in [-0.25, -0.2) is 9.78 Å². The zero-order chi connectivity index (χ0) is 19.3. The topological polar surface area (TPSA) is 141 Å². The van der Waals surface area contributed by atoms with Crippen molar-refractivity contribution in [1.82, 2.24) is 24.4 Å². The molecule has 0 aromatic carbocycles. The molecule has 10 heteroatoms. The molecule has 0 unspecified atom stereocenters. The largest absolute Gasteiger partial charge is 0.481 e. The van der Waals surface area contributed by atoms with Crippen LogP contribution < -0.4 is 11.2 Å². The molecule has 0 bridgehead atoms. The van der Waals surface area contributed by atoms with Gasteiger partial charge in [0, 0.05) is 33.0 Å². The summed E-state index contributed by atoms with van der Waals surface area (Å²) in [6.45, 7) is 0.750. The summed E-state index contributed by atoms with van der Waals surface area (Å²) < 4.78 is 1.23. The third-order valence-electron chi connectivity index (χ3n) is 6.03. The number of amides is 1. The molecule has 0 radical (unpaired) electrons. The molecule has 4 rings (SSSR count). The Bertz CT molecular complexity index is 1050. The molecule has 2 aliphatic rings. The molecular formula is C17H21N5O5. The van der Waals surface area contributed by atoms with Gasteiger partial charge in [0.15, 0.2) is 5.65 Å². The zero-order valence-corrected chi connectivity index (χ0v) is 14.9. The van der Waals surface area contributed by atoms with Crippen molar-refractivity contribution in [2.45, 2.75) is 32.1 Å². The molecule has 10 nitrogen and oxygen atoms in total. The normalized spacial score (nSPS) is 24.5. The second-order valence-corrected chi connectivity index (χ2v) is 7.53. The van der Waals surface area contributed by atoms with E-state index in [9.17, 15) is 24.3 Å². The Morgan fingerprint density at radius 1 is 1.33 bits per heavy atom. The highest BCUT2D eigenvalue weighted by atomic mass is 16.4. The summed E-state index contributed by atoms with van der Waals surface area (Å²) in [7, 11) is 1.50. The van der Waals surface area contributed by atoms with Gasteiger partial charge in [0.2, 0.25) is 5.91 Å². The van der Waals surface area contributed by atoms with E-state index in [4.69, 9.17) is 0 Å². The van der Waals surface area contributed by atoms with Gasteiger partial charge in [0.05, 0.1) is 5.41 Å². The highest BCUT2D eigenvalue weighted by Crippen LogP contribution is 2.48. The van der Waals surface area contributed by atoms with E-state index in [0.29, 0.717) is 18.8 Å². The number of carbonyl (C=O) groups excluding carboxylic acids is 1. The Kier molecular flexibility index (Phi) is 3.93. The van der Waals surface area contributed by atoms with Crippen LogP contribution in [-0.2, 0) is 23.1 Å². The summed E-state index contributed by atoms with van der Waals surface area (Å²) in [5, 5.41) is 9.62. The van der Waals surface area contributed by atoms with E-state index in [1.807, 2.05) is 0 Å². The molecule has 27 heavy (non-hydrogen) atoms. The highest BCUT2D eigenvalue weighted by Gasteiger charge is 2.55. The van der Waals surface area contributed by atoms with Gasteiger partial charge in [0.25, 0.3) is 5.56 Å². The molecule has 2 aromatic rings. The molecule has 2 fully saturated rings. The fraction of sp³-hybridized carbons (Fsp3) is 0.588. The van der Waals surface area contributed by atoms with Crippen molar-refractivity contribution in [2.24, 2.45) is 18.4 Å². The van der Waals surface area contributed by atoms with Crippen LogP contribution in [0.2, 0.25) is 0 Å². The molecular weight excluding hydrogens is 354 g/mol. The van der Waals surface area contributed by atoms with Crippen LogP contribution in [0.4, 0.5) is 0 Å². The zero-order valence-electron chi connectivity index (χ0n) is 14.9. The summed E-state index contributed by atoms with van der Waals surface area (Å²) in [5.74, 6) is -0.457. The average Bonchev–Trinajstić information content (AvgIpc) is 3.29. The number of aliphatic carboxylic acids is 1. The number of aryl methyl sites for hydroxylation is 2. The van der Waals surface area contributed by atoms with Crippen LogP contribution in [0.5, 0.6) is 0 Å². The Balaban J connectivity index is 1.48. The molecule has 3 N–H and O–H groups in total. The van der Waals surface area contributed by atoms with Gasteiger partial charge in [0.1, 0.15) is 11.3 Å². The molecule has 2 atom stereocenters. The van der Waals surface area contributed by atoms with E-state index in [-0.39, 0.29) is 42.4 Å². The minimum atomic E-state index is -0.808. The summed E-state index contributed by atoms with van der Waals surface area (Å²) in [6.07, 6.45) is 2.80. The third-order valence-corrected chi connectivity index (χ3v) is 6.03. The molecule has 3 heterocycles. The summed E-state index contributed by atoms with van der Waals surface area (Å²) in [6, 6.07) is 0. The Labute approximate surface area is 153 Å². The molecule has 0 spiro atoms. The summed E-state index contributed by atoms with van der Waals surface area (Å²) >= 11 is 0. The number of nitrogens with zero attached hydrogens (tertiary/aromatic N) is 3. The first kappa shape index (κ1) is 17.5. The number of hydrogen-bond donors (Lipinski definition) is 3. The van der Waals surface area contributed by atoms with Gasteiger partial charge in [-0.15, -0.1) is 0 Å². The maximum Gasteiger partial charge on any atom is 0.329 e. The maximum atomic E-state index is 12.6. The fourth-order valence-corrected chi connectivity index (χ4v) is 4.48. The van der Waals surface area contributed by atoms with Crippen LogP contribution in [0.15, 0.2) is 9.59 Å². The van der Waals surface area contributed by atoms with Crippen LogP contribution in [0.1, 0.15) is 31.5 Å². The van der Waals surface area contributed by atoms with E-state index >= 15 is 0 Å². The van der Waals surface area contributed by atoms with Crippen molar-refractivity contribution in [1.29, 1.82) is 0 Å². The number of imidazole rings is 1. The van der Waals surface area contributed by atoms with Gasteiger partial charge in [-0.3, -0.25) is 23.9 Å². The monoisotopic (exact) mass is 375 g/mol.